The minimum absolute atomic E-state index is 0.141. The molecular weight excluding hydrogens is 220 g/mol. The summed E-state index contributed by atoms with van der Waals surface area (Å²) >= 11 is 0. The van der Waals surface area contributed by atoms with Gasteiger partial charge in [-0.1, -0.05) is 6.92 Å². The minimum atomic E-state index is 0.141. The monoisotopic (exact) mass is 242 g/mol. The predicted molar refractivity (Wildman–Crippen MR) is 64.0 cm³/mol. The van der Waals surface area contributed by atoms with E-state index in [9.17, 15) is 4.79 Å². The van der Waals surface area contributed by atoms with Crippen molar-refractivity contribution in [3.8, 4) is 0 Å². The standard InChI is InChI=1S/C12H22N2O3/c1-3-11-9-17-10(2)8-14(11)12(15)13-4-6-16-7-5-13/h10-11H,3-9H2,1-2H3. The molecule has 0 aromatic rings. The van der Waals surface area contributed by atoms with Crippen molar-refractivity contribution in [3.05, 3.63) is 0 Å². The fourth-order valence-electron chi connectivity index (χ4n) is 2.35. The fraction of sp³-hybridized carbons (Fsp3) is 0.917. The van der Waals surface area contributed by atoms with E-state index >= 15 is 0 Å². The van der Waals surface area contributed by atoms with Gasteiger partial charge >= 0.3 is 6.03 Å². The predicted octanol–water partition coefficient (Wildman–Crippen LogP) is 0.938. The normalized spacial score (nSPS) is 30.5. The van der Waals surface area contributed by atoms with Crippen molar-refractivity contribution in [2.75, 3.05) is 39.5 Å². The van der Waals surface area contributed by atoms with Crippen LogP contribution in [0, 0.1) is 0 Å². The molecule has 17 heavy (non-hydrogen) atoms. The molecule has 2 fully saturated rings. The molecule has 0 aliphatic carbocycles. The Balaban J connectivity index is 1.99. The largest absolute Gasteiger partial charge is 0.378 e. The highest BCUT2D eigenvalue weighted by Gasteiger charge is 2.32. The number of hydrogen-bond acceptors (Lipinski definition) is 3. The second-order valence-electron chi connectivity index (χ2n) is 4.74. The van der Waals surface area contributed by atoms with Crippen LogP contribution in [-0.2, 0) is 9.47 Å². The number of morpholine rings is 2. The molecule has 0 saturated carbocycles. The molecule has 0 spiro atoms. The summed E-state index contributed by atoms with van der Waals surface area (Å²) < 4.78 is 10.9. The second kappa shape index (κ2) is 5.69. The Kier molecular flexibility index (Phi) is 4.23. The van der Waals surface area contributed by atoms with Crippen LogP contribution in [0.3, 0.4) is 0 Å². The molecule has 2 heterocycles. The molecule has 0 radical (unpaired) electrons. The third kappa shape index (κ3) is 2.90. The molecule has 0 aromatic carbocycles. The van der Waals surface area contributed by atoms with Crippen LogP contribution in [0.4, 0.5) is 4.79 Å². The van der Waals surface area contributed by atoms with E-state index in [0.717, 1.165) is 6.42 Å². The van der Waals surface area contributed by atoms with Gasteiger partial charge in [0.1, 0.15) is 0 Å². The first-order valence-electron chi connectivity index (χ1n) is 6.47. The lowest BCUT2D eigenvalue weighted by Crippen LogP contribution is -2.57. The van der Waals surface area contributed by atoms with E-state index in [1.54, 1.807) is 0 Å². The first-order valence-corrected chi connectivity index (χ1v) is 6.47. The van der Waals surface area contributed by atoms with E-state index in [-0.39, 0.29) is 18.2 Å². The van der Waals surface area contributed by atoms with E-state index in [1.165, 1.54) is 0 Å². The Hall–Kier alpha value is -0.810. The van der Waals surface area contributed by atoms with Crippen LogP contribution in [0.5, 0.6) is 0 Å². The Morgan fingerprint density at radius 3 is 2.71 bits per heavy atom. The molecular formula is C12H22N2O3. The number of carbonyl (C=O) groups excluding carboxylic acids is 1. The van der Waals surface area contributed by atoms with E-state index in [4.69, 9.17) is 9.47 Å². The van der Waals surface area contributed by atoms with Crippen molar-refractivity contribution in [1.29, 1.82) is 0 Å². The molecule has 5 nitrogen and oxygen atoms in total. The number of ether oxygens (including phenoxy) is 2. The molecule has 2 aliphatic heterocycles. The summed E-state index contributed by atoms with van der Waals surface area (Å²) in [5.41, 5.74) is 0. The average Bonchev–Trinajstić information content (AvgIpc) is 2.39. The van der Waals surface area contributed by atoms with Gasteiger partial charge in [-0.05, 0) is 13.3 Å². The second-order valence-corrected chi connectivity index (χ2v) is 4.74. The molecule has 5 heteroatoms. The third-order valence-corrected chi connectivity index (χ3v) is 3.47. The van der Waals surface area contributed by atoms with Crippen LogP contribution in [0.25, 0.3) is 0 Å². The van der Waals surface area contributed by atoms with Crippen molar-refractivity contribution >= 4 is 6.03 Å². The molecule has 0 N–H and O–H groups in total. The van der Waals surface area contributed by atoms with Crippen molar-refractivity contribution < 1.29 is 14.3 Å². The Bertz CT molecular complexity index is 266. The Labute approximate surface area is 103 Å². The molecule has 2 atom stereocenters. The summed E-state index contributed by atoms with van der Waals surface area (Å²) in [6, 6.07) is 0.372. The van der Waals surface area contributed by atoms with Gasteiger partial charge in [0, 0.05) is 19.6 Å². The molecule has 0 aromatic heterocycles. The number of carbonyl (C=O) groups is 1. The average molecular weight is 242 g/mol. The van der Waals surface area contributed by atoms with Crippen LogP contribution < -0.4 is 0 Å². The van der Waals surface area contributed by atoms with Gasteiger partial charge < -0.3 is 19.3 Å². The van der Waals surface area contributed by atoms with E-state index in [0.29, 0.717) is 39.5 Å². The number of rotatable bonds is 1. The Morgan fingerprint density at radius 1 is 1.35 bits per heavy atom. The molecule has 98 valence electrons. The van der Waals surface area contributed by atoms with Gasteiger partial charge in [0.25, 0.3) is 0 Å². The SMILES string of the molecule is CCC1COC(C)CN1C(=O)N1CCOCC1. The summed E-state index contributed by atoms with van der Waals surface area (Å²) in [5.74, 6) is 0. The van der Waals surface area contributed by atoms with E-state index in [2.05, 4.69) is 6.92 Å². The highest BCUT2D eigenvalue weighted by atomic mass is 16.5. The zero-order chi connectivity index (χ0) is 12.3. The van der Waals surface area contributed by atoms with Gasteiger partial charge in [-0.3, -0.25) is 0 Å². The molecule has 2 aliphatic rings. The zero-order valence-corrected chi connectivity index (χ0v) is 10.7. The highest BCUT2D eigenvalue weighted by molar-refractivity contribution is 5.75. The van der Waals surface area contributed by atoms with E-state index in [1.807, 2.05) is 16.7 Å². The van der Waals surface area contributed by atoms with Gasteiger partial charge in [0.2, 0.25) is 0 Å². The highest BCUT2D eigenvalue weighted by Crippen LogP contribution is 2.17. The number of nitrogens with zero attached hydrogens (tertiary/aromatic N) is 2. The minimum Gasteiger partial charge on any atom is -0.378 e. The lowest BCUT2D eigenvalue weighted by Gasteiger charge is -2.41. The van der Waals surface area contributed by atoms with Crippen LogP contribution in [0.15, 0.2) is 0 Å². The lowest BCUT2D eigenvalue weighted by molar-refractivity contribution is -0.0479. The summed E-state index contributed by atoms with van der Waals surface area (Å²) in [4.78, 5) is 16.3. The zero-order valence-electron chi connectivity index (χ0n) is 10.7. The summed E-state index contributed by atoms with van der Waals surface area (Å²) in [5, 5.41) is 0. The third-order valence-electron chi connectivity index (χ3n) is 3.47. The smallest absolute Gasteiger partial charge is 0.320 e. The first kappa shape index (κ1) is 12.6. The van der Waals surface area contributed by atoms with Crippen LogP contribution >= 0.6 is 0 Å². The number of hydrogen-bond donors (Lipinski definition) is 0. The quantitative estimate of drug-likeness (QED) is 0.687. The maximum atomic E-state index is 12.4. The topological polar surface area (TPSA) is 42.0 Å². The van der Waals surface area contributed by atoms with Crippen molar-refractivity contribution in [3.63, 3.8) is 0 Å². The molecule has 2 rings (SSSR count). The number of amides is 2. The summed E-state index contributed by atoms with van der Waals surface area (Å²) in [6.07, 6.45) is 1.09. The van der Waals surface area contributed by atoms with Crippen molar-refractivity contribution in [2.24, 2.45) is 0 Å². The summed E-state index contributed by atoms with van der Waals surface area (Å²) in [6.45, 7) is 8.21. The van der Waals surface area contributed by atoms with Gasteiger partial charge in [0.05, 0.1) is 32.0 Å². The van der Waals surface area contributed by atoms with Crippen LogP contribution in [0.2, 0.25) is 0 Å². The molecule has 0 bridgehead atoms. The molecule has 2 amide bonds. The van der Waals surface area contributed by atoms with Gasteiger partial charge in [-0.15, -0.1) is 0 Å². The van der Waals surface area contributed by atoms with E-state index < -0.39 is 0 Å². The van der Waals surface area contributed by atoms with Crippen LogP contribution in [-0.4, -0.2) is 67.4 Å². The van der Waals surface area contributed by atoms with Crippen molar-refractivity contribution in [2.45, 2.75) is 32.4 Å². The summed E-state index contributed by atoms with van der Waals surface area (Å²) in [7, 11) is 0. The Morgan fingerprint density at radius 2 is 2.06 bits per heavy atom. The van der Waals surface area contributed by atoms with Crippen LogP contribution in [0.1, 0.15) is 20.3 Å². The number of urea groups is 1. The fourth-order valence-corrected chi connectivity index (χ4v) is 2.35. The molecule has 2 saturated heterocycles. The van der Waals surface area contributed by atoms with Gasteiger partial charge in [-0.2, -0.15) is 0 Å². The first-order chi connectivity index (χ1) is 8.22. The van der Waals surface area contributed by atoms with Crippen molar-refractivity contribution in [1.82, 2.24) is 9.80 Å². The lowest BCUT2D eigenvalue weighted by atomic mass is 10.1. The van der Waals surface area contributed by atoms with Gasteiger partial charge in [0.15, 0.2) is 0 Å². The maximum absolute atomic E-state index is 12.4. The van der Waals surface area contributed by atoms with Gasteiger partial charge in [-0.25, -0.2) is 4.79 Å². The maximum Gasteiger partial charge on any atom is 0.320 e. The molecule has 2 unspecified atom stereocenters.